The second-order valence-corrected chi connectivity index (χ2v) is 11.2. The third kappa shape index (κ3) is 6.07. The molecule has 0 atom stereocenters. The second-order valence-electron chi connectivity index (χ2n) is 10.8. The van der Waals surface area contributed by atoms with Gasteiger partial charge in [0.05, 0.1) is 45.7 Å². The molecule has 0 spiro atoms. The normalized spacial score (nSPS) is 16.7. The maximum atomic E-state index is 13.8. The van der Waals surface area contributed by atoms with Crippen LogP contribution in [0.2, 0.25) is 5.02 Å². The molecule has 0 radical (unpaired) electrons. The van der Waals surface area contributed by atoms with Gasteiger partial charge in [-0.25, -0.2) is 9.78 Å². The molecule has 6 rings (SSSR count). The van der Waals surface area contributed by atoms with Gasteiger partial charge in [0.1, 0.15) is 17.7 Å². The minimum absolute atomic E-state index is 0.0536. The number of benzene rings is 1. The van der Waals surface area contributed by atoms with Crippen LogP contribution in [0.25, 0.3) is 16.7 Å². The molecule has 1 aliphatic rings. The van der Waals surface area contributed by atoms with Crippen LogP contribution in [-0.2, 0) is 13.1 Å². The molecular weight excluding hydrogens is 570 g/mol. The third-order valence-electron chi connectivity index (χ3n) is 7.92. The number of hydrogen-bond acceptors (Lipinski definition) is 7. The van der Waals surface area contributed by atoms with E-state index in [-0.39, 0.29) is 41.7 Å². The van der Waals surface area contributed by atoms with Crippen LogP contribution in [0.4, 0.5) is 0 Å². The molecule has 220 valence electrons. The molecule has 0 unspecified atom stereocenters. The van der Waals surface area contributed by atoms with E-state index in [1.54, 1.807) is 35.8 Å². The Bertz CT molecular complexity index is 1820. The Kier molecular flexibility index (Phi) is 8.06. The summed E-state index contributed by atoms with van der Waals surface area (Å²) in [6, 6.07) is 14.4. The van der Waals surface area contributed by atoms with Crippen LogP contribution in [-0.4, -0.2) is 42.1 Å². The van der Waals surface area contributed by atoms with Gasteiger partial charge < -0.3 is 15.2 Å². The summed E-state index contributed by atoms with van der Waals surface area (Å²) < 4.78 is 8.23. The number of fused-ring (bicyclic) bond motifs is 1. The Hall–Kier alpha value is -4.77. The van der Waals surface area contributed by atoms with Crippen molar-refractivity contribution in [3.63, 3.8) is 0 Å². The number of aryl methyl sites for hydroxylation is 1. The van der Waals surface area contributed by atoms with E-state index in [2.05, 4.69) is 25.8 Å². The highest BCUT2D eigenvalue weighted by atomic mass is 35.5. The predicted molar refractivity (Wildman–Crippen MR) is 160 cm³/mol. The van der Waals surface area contributed by atoms with E-state index in [4.69, 9.17) is 16.1 Å². The SMILES string of the molecule is Cc1ncc(Cl)cc1C(=O)NC1CCC(Cn2c(=O)n(-c3ccc(C(=O)NCc4ccon4)nc3)c3ccccc32)CC1. The zero-order valence-electron chi connectivity index (χ0n) is 23.5. The highest BCUT2D eigenvalue weighted by molar-refractivity contribution is 6.30. The van der Waals surface area contributed by atoms with Crippen molar-refractivity contribution in [3.8, 4) is 5.69 Å². The van der Waals surface area contributed by atoms with E-state index in [0.717, 1.165) is 36.7 Å². The smallest absolute Gasteiger partial charge is 0.333 e. The first kappa shape index (κ1) is 28.4. The molecule has 1 fully saturated rings. The largest absolute Gasteiger partial charge is 0.364 e. The van der Waals surface area contributed by atoms with E-state index in [1.165, 1.54) is 18.7 Å². The molecule has 4 heterocycles. The lowest BCUT2D eigenvalue weighted by atomic mass is 9.85. The average molecular weight is 600 g/mol. The van der Waals surface area contributed by atoms with Crippen LogP contribution in [0.5, 0.6) is 0 Å². The van der Waals surface area contributed by atoms with Crippen molar-refractivity contribution in [2.45, 2.75) is 51.7 Å². The number of rotatable bonds is 8. The number of nitrogens with one attached hydrogen (secondary N) is 2. The first-order valence-electron chi connectivity index (χ1n) is 14.1. The maximum absolute atomic E-state index is 13.8. The molecular formula is C31H30ClN7O4. The summed E-state index contributed by atoms with van der Waals surface area (Å²) in [4.78, 5) is 47.6. The minimum atomic E-state index is -0.351. The lowest BCUT2D eigenvalue weighted by molar-refractivity contribution is 0.0917. The zero-order valence-corrected chi connectivity index (χ0v) is 24.3. The second kappa shape index (κ2) is 12.2. The number of para-hydroxylation sites is 2. The average Bonchev–Trinajstić information content (AvgIpc) is 3.64. The number of imidazole rings is 1. The number of carbonyl (C=O) groups excluding carboxylic acids is 2. The molecule has 2 amide bonds. The summed E-state index contributed by atoms with van der Waals surface area (Å²) in [6.45, 7) is 2.58. The Morgan fingerprint density at radius 1 is 1.00 bits per heavy atom. The number of nitrogens with zero attached hydrogens (tertiary/aromatic N) is 5. The van der Waals surface area contributed by atoms with Gasteiger partial charge >= 0.3 is 5.69 Å². The molecule has 0 bridgehead atoms. The molecule has 1 saturated carbocycles. The summed E-state index contributed by atoms with van der Waals surface area (Å²) in [6.07, 6.45) is 7.91. The van der Waals surface area contributed by atoms with Crippen molar-refractivity contribution in [1.29, 1.82) is 0 Å². The van der Waals surface area contributed by atoms with Crippen LogP contribution in [0.3, 0.4) is 0 Å². The minimum Gasteiger partial charge on any atom is -0.364 e. The summed E-state index contributed by atoms with van der Waals surface area (Å²) >= 11 is 6.05. The molecule has 0 aliphatic heterocycles. The van der Waals surface area contributed by atoms with E-state index >= 15 is 0 Å². The molecule has 1 aliphatic carbocycles. The van der Waals surface area contributed by atoms with Crippen LogP contribution in [0, 0.1) is 12.8 Å². The van der Waals surface area contributed by atoms with Gasteiger partial charge in [-0.1, -0.05) is 28.9 Å². The Balaban J connectivity index is 1.14. The molecule has 0 saturated heterocycles. The molecule has 4 aromatic heterocycles. The number of aromatic nitrogens is 5. The van der Waals surface area contributed by atoms with Gasteiger partial charge in [0.2, 0.25) is 0 Å². The van der Waals surface area contributed by atoms with Gasteiger partial charge in [0, 0.05) is 24.8 Å². The number of halogens is 1. The summed E-state index contributed by atoms with van der Waals surface area (Å²) in [7, 11) is 0. The lowest BCUT2D eigenvalue weighted by Crippen LogP contribution is -2.39. The van der Waals surface area contributed by atoms with Gasteiger partial charge in [-0.3, -0.25) is 23.7 Å². The number of pyridine rings is 2. The first-order valence-corrected chi connectivity index (χ1v) is 14.5. The van der Waals surface area contributed by atoms with Crippen molar-refractivity contribution >= 4 is 34.4 Å². The highest BCUT2D eigenvalue weighted by Gasteiger charge is 2.26. The monoisotopic (exact) mass is 599 g/mol. The Morgan fingerprint density at radius 2 is 1.79 bits per heavy atom. The topological polar surface area (TPSA) is 137 Å². The third-order valence-corrected chi connectivity index (χ3v) is 8.12. The van der Waals surface area contributed by atoms with Crippen LogP contribution in [0.1, 0.15) is 57.9 Å². The predicted octanol–water partition coefficient (Wildman–Crippen LogP) is 4.45. The van der Waals surface area contributed by atoms with Gasteiger partial charge in [-0.2, -0.15) is 0 Å². The fourth-order valence-electron chi connectivity index (χ4n) is 5.63. The van der Waals surface area contributed by atoms with E-state index in [0.29, 0.717) is 34.2 Å². The van der Waals surface area contributed by atoms with Gasteiger partial charge in [0.25, 0.3) is 11.8 Å². The number of carbonyl (C=O) groups is 2. The summed E-state index contributed by atoms with van der Waals surface area (Å²) in [5.41, 5.74) is 3.98. The molecule has 43 heavy (non-hydrogen) atoms. The fraction of sp³-hybridized carbons (Fsp3) is 0.290. The van der Waals surface area contributed by atoms with E-state index in [9.17, 15) is 14.4 Å². The fourth-order valence-corrected chi connectivity index (χ4v) is 5.78. The summed E-state index contributed by atoms with van der Waals surface area (Å²) in [5, 5.41) is 10.1. The van der Waals surface area contributed by atoms with Gasteiger partial charge in [0.15, 0.2) is 0 Å². The molecule has 11 nitrogen and oxygen atoms in total. The van der Waals surface area contributed by atoms with E-state index in [1.807, 2.05) is 28.8 Å². The van der Waals surface area contributed by atoms with Gasteiger partial charge in [-0.15, -0.1) is 0 Å². The lowest BCUT2D eigenvalue weighted by Gasteiger charge is -2.29. The quantitative estimate of drug-likeness (QED) is 0.269. The van der Waals surface area contributed by atoms with Gasteiger partial charge in [-0.05, 0) is 68.9 Å². The van der Waals surface area contributed by atoms with Crippen molar-refractivity contribution in [1.82, 2.24) is 34.9 Å². The Labute approximate surface area is 251 Å². The van der Waals surface area contributed by atoms with Crippen molar-refractivity contribution < 1.29 is 14.1 Å². The molecule has 12 heteroatoms. The van der Waals surface area contributed by atoms with Crippen LogP contribution >= 0.6 is 11.6 Å². The molecule has 5 aromatic rings. The molecule has 1 aromatic carbocycles. The zero-order chi connectivity index (χ0) is 29.9. The van der Waals surface area contributed by atoms with E-state index < -0.39 is 0 Å². The van der Waals surface area contributed by atoms with Crippen molar-refractivity contribution in [3.05, 3.63) is 105 Å². The maximum Gasteiger partial charge on any atom is 0.333 e. The number of hydrogen-bond donors (Lipinski definition) is 2. The standard InChI is InChI=1S/C31H30ClN7O4/c1-19-25(14-21(32)15-33-19)29(40)36-22-8-6-20(7-9-22)18-38-27-4-2-3-5-28(27)39(31(38)42)24-10-11-26(34-17-24)30(41)35-16-23-12-13-43-37-23/h2-5,10-15,17,20,22H,6-9,16,18H2,1H3,(H,35,41)(H,36,40). The molecule has 2 N–H and O–H groups in total. The highest BCUT2D eigenvalue weighted by Crippen LogP contribution is 2.28. The first-order chi connectivity index (χ1) is 20.9. The van der Waals surface area contributed by atoms with Crippen LogP contribution in [0.15, 0.2) is 76.5 Å². The van der Waals surface area contributed by atoms with Crippen LogP contribution < -0.4 is 16.3 Å². The number of amides is 2. The van der Waals surface area contributed by atoms with Crippen molar-refractivity contribution in [2.24, 2.45) is 5.92 Å². The summed E-state index contributed by atoms with van der Waals surface area (Å²) in [5.74, 6) is -0.230. The van der Waals surface area contributed by atoms with Crippen molar-refractivity contribution in [2.75, 3.05) is 0 Å². The Morgan fingerprint density at radius 3 is 2.51 bits per heavy atom.